The van der Waals surface area contributed by atoms with E-state index in [-0.39, 0.29) is 6.10 Å². The van der Waals surface area contributed by atoms with E-state index < -0.39 is 0 Å². The van der Waals surface area contributed by atoms with Gasteiger partial charge in [-0.15, -0.1) is 0 Å². The molecule has 0 amide bonds. The molecule has 2 heterocycles. The van der Waals surface area contributed by atoms with Crippen molar-refractivity contribution in [2.75, 3.05) is 31.5 Å². The SMILES string of the molecule is CC(C)(C)C1=CCN(CC2CNc3ccccc3O2)CC1. The van der Waals surface area contributed by atoms with Crippen LogP contribution in [0.15, 0.2) is 35.9 Å². The van der Waals surface area contributed by atoms with Crippen LogP contribution in [-0.2, 0) is 0 Å². The van der Waals surface area contributed by atoms with E-state index in [0.29, 0.717) is 5.41 Å². The fourth-order valence-electron chi connectivity index (χ4n) is 3.11. The van der Waals surface area contributed by atoms with Gasteiger partial charge in [0.15, 0.2) is 0 Å². The molecule has 0 radical (unpaired) electrons. The van der Waals surface area contributed by atoms with Gasteiger partial charge in [0.1, 0.15) is 11.9 Å². The van der Waals surface area contributed by atoms with E-state index >= 15 is 0 Å². The Morgan fingerprint density at radius 2 is 2.10 bits per heavy atom. The number of hydrogen-bond acceptors (Lipinski definition) is 3. The van der Waals surface area contributed by atoms with Crippen molar-refractivity contribution < 1.29 is 4.74 Å². The van der Waals surface area contributed by atoms with Crippen LogP contribution in [0.3, 0.4) is 0 Å². The summed E-state index contributed by atoms with van der Waals surface area (Å²) in [5.41, 5.74) is 3.02. The maximum Gasteiger partial charge on any atom is 0.142 e. The van der Waals surface area contributed by atoms with Crippen LogP contribution < -0.4 is 10.1 Å². The molecule has 0 fully saturated rings. The highest BCUT2D eigenvalue weighted by atomic mass is 16.5. The van der Waals surface area contributed by atoms with Gasteiger partial charge in [0.2, 0.25) is 0 Å². The predicted molar refractivity (Wildman–Crippen MR) is 87.9 cm³/mol. The number of ether oxygens (including phenoxy) is 1. The maximum absolute atomic E-state index is 6.10. The van der Waals surface area contributed by atoms with E-state index in [9.17, 15) is 0 Å². The molecule has 0 aromatic heterocycles. The second-order valence-electron chi connectivity index (χ2n) is 7.11. The molecular formula is C18H26N2O. The smallest absolute Gasteiger partial charge is 0.142 e. The van der Waals surface area contributed by atoms with Gasteiger partial charge in [-0.1, -0.05) is 44.6 Å². The quantitative estimate of drug-likeness (QED) is 0.842. The molecule has 1 aromatic carbocycles. The van der Waals surface area contributed by atoms with Crippen molar-refractivity contribution in [3.63, 3.8) is 0 Å². The van der Waals surface area contributed by atoms with Gasteiger partial charge in [0.25, 0.3) is 0 Å². The number of nitrogens with zero attached hydrogens (tertiary/aromatic N) is 1. The van der Waals surface area contributed by atoms with Gasteiger partial charge in [0, 0.05) is 19.6 Å². The summed E-state index contributed by atoms with van der Waals surface area (Å²) in [7, 11) is 0. The molecule has 1 N–H and O–H groups in total. The number of nitrogens with one attached hydrogen (secondary N) is 1. The normalized spacial score (nSPS) is 22.8. The number of benzene rings is 1. The molecule has 0 saturated carbocycles. The molecular weight excluding hydrogens is 260 g/mol. The molecule has 114 valence electrons. The van der Waals surface area contributed by atoms with E-state index in [0.717, 1.165) is 37.6 Å². The zero-order valence-electron chi connectivity index (χ0n) is 13.4. The van der Waals surface area contributed by atoms with Crippen molar-refractivity contribution >= 4 is 5.69 Å². The lowest BCUT2D eigenvalue weighted by Gasteiger charge is -2.35. The molecule has 1 aromatic rings. The first-order valence-electron chi connectivity index (χ1n) is 7.94. The molecule has 0 aliphatic carbocycles. The zero-order chi connectivity index (χ0) is 14.9. The van der Waals surface area contributed by atoms with Gasteiger partial charge in [0.05, 0.1) is 12.2 Å². The summed E-state index contributed by atoms with van der Waals surface area (Å²) >= 11 is 0. The molecule has 21 heavy (non-hydrogen) atoms. The molecule has 0 spiro atoms. The van der Waals surface area contributed by atoms with Crippen molar-refractivity contribution in [2.24, 2.45) is 5.41 Å². The lowest BCUT2D eigenvalue weighted by molar-refractivity contribution is 0.139. The monoisotopic (exact) mass is 286 g/mol. The number of anilines is 1. The van der Waals surface area contributed by atoms with Crippen LogP contribution in [0.25, 0.3) is 0 Å². The third kappa shape index (κ3) is 3.41. The van der Waals surface area contributed by atoms with Gasteiger partial charge >= 0.3 is 0 Å². The van der Waals surface area contributed by atoms with Gasteiger partial charge in [-0.2, -0.15) is 0 Å². The summed E-state index contributed by atoms with van der Waals surface area (Å²) in [6.45, 7) is 11.0. The second kappa shape index (κ2) is 5.72. The summed E-state index contributed by atoms with van der Waals surface area (Å²) < 4.78 is 6.10. The van der Waals surface area contributed by atoms with Crippen LogP contribution in [0.4, 0.5) is 5.69 Å². The zero-order valence-corrected chi connectivity index (χ0v) is 13.4. The average molecular weight is 286 g/mol. The van der Waals surface area contributed by atoms with Crippen molar-refractivity contribution in [1.82, 2.24) is 4.90 Å². The highest BCUT2D eigenvalue weighted by Gasteiger charge is 2.25. The van der Waals surface area contributed by atoms with Crippen molar-refractivity contribution in [3.05, 3.63) is 35.9 Å². The van der Waals surface area contributed by atoms with Crippen LogP contribution in [0, 0.1) is 5.41 Å². The van der Waals surface area contributed by atoms with Gasteiger partial charge in [-0.3, -0.25) is 4.90 Å². The summed E-state index contributed by atoms with van der Waals surface area (Å²) in [6.07, 6.45) is 3.83. The highest BCUT2D eigenvalue weighted by Crippen LogP contribution is 2.31. The van der Waals surface area contributed by atoms with Crippen molar-refractivity contribution in [3.8, 4) is 5.75 Å². The summed E-state index contributed by atoms with van der Waals surface area (Å²) in [6, 6.07) is 8.19. The maximum atomic E-state index is 6.10. The van der Waals surface area contributed by atoms with Crippen LogP contribution in [-0.4, -0.2) is 37.2 Å². The minimum atomic E-state index is 0.240. The Labute approximate surface area is 128 Å². The molecule has 3 nitrogen and oxygen atoms in total. The Morgan fingerprint density at radius 3 is 2.81 bits per heavy atom. The lowest BCUT2D eigenvalue weighted by atomic mass is 9.83. The summed E-state index contributed by atoms with van der Waals surface area (Å²) in [4.78, 5) is 2.50. The van der Waals surface area contributed by atoms with Gasteiger partial charge in [-0.05, 0) is 24.0 Å². The molecule has 0 bridgehead atoms. The topological polar surface area (TPSA) is 24.5 Å². The lowest BCUT2D eigenvalue weighted by Crippen LogP contribution is -2.43. The number of fused-ring (bicyclic) bond motifs is 1. The Bertz CT molecular complexity index is 530. The molecule has 3 heteroatoms. The first-order chi connectivity index (χ1) is 10.0. The Hall–Kier alpha value is -1.48. The first-order valence-corrected chi connectivity index (χ1v) is 7.94. The van der Waals surface area contributed by atoms with Crippen LogP contribution in [0.5, 0.6) is 5.75 Å². The molecule has 0 saturated heterocycles. The summed E-state index contributed by atoms with van der Waals surface area (Å²) in [5, 5.41) is 3.47. The molecule has 1 unspecified atom stereocenters. The van der Waals surface area contributed by atoms with E-state index in [1.807, 2.05) is 18.2 Å². The largest absolute Gasteiger partial charge is 0.485 e. The van der Waals surface area contributed by atoms with Crippen LogP contribution >= 0.6 is 0 Å². The van der Waals surface area contributed by atoms with Crippen LogP contribution in [0.2, 0.25) is 0 Å². The summed E-state index contributed by atoms with van der Waals surface area (Å²) in [5.74, 6) is 0.983. The first kappa shape index (κ1) is 14.5. The average Bonchev–Trinajstić information content (AvgIpc) is 2.47. The van der Waals surface area contributed by atoms with Crippen molar-refractivity contribution in [1.29, 1.82) is 0 Å². The molecule has 1 atom stereocenters. The second-order valence-corrected chi connectivity index (χ2v) is 7.11. The Balaban J connectivity index is 1.56. The fraction of sp³-hybridized carbons (Fsp3) is 0.556. The Morgan fingerprint density at radius 1 is 1.29 bits per heavy atom. The van der Waals surface area contributed by atoms with Gasteiger partial charge < -0.3 is 10.1 Å². The van der Waals surface area contributed by atoms with E-state index in [1.54, 1.807) is 5.57 Å². The predicted octanol–water partition coefficient (Wildman–Crippen LogP) is 3.54. The highest BCUT2D eigenvalue weighted by molar-refractivity contribution is 5.57. The standard InChI is InChI=1S/C18H26N2O/c1-18(2,3)14-8-10-20(11-9-14)13-15-12-19-16-6-4-5-7-17(16)21-15/h4-8,15,19H,9-13H2,1-3H3. The van der Waals surface area contributed by atoms with Crippen molar-refractivity contribution in [2.45, 2.75) is 33.3 Å². The number of rotatable bonds is 2. The van der Waals surface area contributed by atoms with Gasteiger partial charge in [-0.25, -0.2) is 0 Å². The van der Waals surface area contributed by atoms with E-state index in [2.05, 4.69) is 43.1 Å². The molecule has 2 aliphatic rings. The minimum absolute atomic E-state index is 0.240. The third-order valence-corrected chi connectivity index (χ3v) is 4.42. The molecule has 3 rings (SSSR count). The number of para-hydroxylation sites is 2. The number of hydrogen-bond donors (Lipinski definition) is 1. The molecule has 2 aliphatic heterocycles. The van der Waals surface area contributed by atoms with E-state index in [4.69, 9.17) is 4.74 Å². The van der Waals surface area contributed by atoms with Crippen LogP contribution in [0.1, 0.15) is 27.2 Å². The van der Waals surface area contributed by atoms with E-state index in [1.165, 1.54) is 6.42 Å². The fourth-order valence-corrected chi connectivity index (χ4v) is 3.11. The minimum Gasteiger partial charge on any atom is -0.485 e. The third-order valence-electron chi connectivity index (χ3n) is 4.42. The Kier molecular flexibility index (Phi) is 3.94.